The SMILES string of the molecule is CCOC(=O)c1cnc(-c2ccc(OC)cc2)nc1N1CCCC(C(=O)OC)C1. The highest BCUT2D eigenvalue weighted by Gasteiger charge is 2.30. The van der Waals surface area contributed by atoms with E-state index in [0.29, 0.717) is 24.7 Å². The standard InChI is InChI=1S/C21H25N3O5/c1-4-29-21(26)17-12-22-18(14-7-9-16(27-2)10-8-14)23-19(17)24-11-5-6-15(13-24)20(25)28-3/h7-10,12,15H,4-6,11,13H2,1-3H3. The van der Waals surface area contributed by atoms with Crippen molar-refractivity contribution in [3.8, 4) is 17.1 Å². The minimum absolute atomic E-state index is 0.253. The number of hydrogen-bond acceptors (Lipinski definition) is 8. The van der Waals surface area contributed by atoms with Gasteiger partial charge in [0, 0.05) is 24.8 Å². The molecule has 2 heterocycles. The van der Waals surface area contributed by atoms with Crippen LogP contribution in [0.2, 0.25) is 0 Å². The Labute approximate surface area is 169 Å². The molecule has 0 radical (unpaired) electrons. The number of aromatic nitrogens is 2. The molecule has 0 amide bonds. The third kappa shape index (κ3) is 4.64. The fourth-order valence-electron chi connectivity index (χ4n) is 3.37. The average molecular weight is 399 g/mol. The van der Waals surface area contributed by atoms with E-state index in [1.54, 1.807) is 14.0 Å². The summed E-state index contributed by atoms with van der Waals surface area (Å²) in [6.07, 6.45) is 3.03. The van der Waals surface area contributed by atoms with Gasteiger partial charge in [-0.1, -0.05) is 0 Å². The first-order valence-corrected chi connectivity index (χ1v) is 9.58. The van der Waals surface area contributed by atoms with Crippen LogP contribution in [0, 0.1) is 5.92 Å². The van der Waals surface area contributed by atoms with Crippen molar-refractivity contribution >= 4 is 17.8 Å². The van der Waals surface area contributed by atoms with Crippen molar-refractivity contribution in [3.63, 3.8) is 0 Å². The molecule has 1 atom stereocenters. The number of benzene rings is 1. The van der Waals surface area contributed by atoms with Crippen molar-refractivity contribution in [3.05, 3.63) is 36.0 Å². The first-order valence-electron chi connectivity index (χ1n) is 9.58. The third-order valence-electron chi connectivity index (χ3n) is 4.87. The van der Waals surface area contributed by atoms with Gasteiger partial charge in [-0.2, -0.15) is 0 Å². The van der Waals surface area contributed by atoms with E-state index < -0.39 is 5.97 Å². The second-order valence-electron chi connectivity index (χ2n) is 6.69. The quantitative estimate of drug-likeness (QED) is 0.685. The number of nitrogens with zero attached hydrogens (tertiary/aromatic N) is 3. The molecule has 1 fully saturated rings. The summed E-state index contributed by atoms with van der Waals surface area (Å²) in [7, 11) is 2.99. The molecule has 0 saturated carbocycles. The number of ether oxygens (including phenoxy) is 3. The van der Waals surface area contributed by atoms with E-state index in [4.69, 9.17) is 14.2 Å². The van der Waals surface area contributed by atoms with Gasteiger partial charge in [0.25, 0.3) is 0 Å². The van der Waals surface area contributed by atoms with E-state index in [9.17, 15) is 9.59 Å². The van der Waals surface area contributed by atoms with Gasteiger partial charge in [-0.15, -0.1) is 0 Å². The van der Waals surface area contributed by atoms with Crippen LogP contribution in [0.15, 0.2) is 30.5 Å². The second kappa shape index (κ2) is 9.36. The summed E-state index contributed by atoms with van der Waals surface area (Å²) in [5.41, 5.74) is 1.08. The lowest BCUT2D eigenvalue weighted by atomic mass is 9.98. The molecular weight excluding hydrogens is 374 g/mol. The van der Waals surface area contributed by atoms with Crippen molar-refractivity contribution in [1.82, 2.24) is 9.97 Å². The molecule has 0 aliphatic carbocycles. The van der Waals surface area contributed by atoms with Crippen LogP contribution in [0.1, 0.15) is 30.1 Å². The molecule has 3 rings (SSSR count). The monoisotopic (exact) mass is 399 g/mol. The third-order valence-corrected chi connectivity index (χ3v) is 4.87. The maximum Gasteiger partial charge on any atom is 0.343 e. The number of methoxy groups -OCH3 is 2. The molecule has 8 heteroatoms. The number of esters is 2. The van der Waals surface area contributed by atoms with E-state index in [1.807, 2.05) is 29.2 Å². The Balaban J connectivity index is 1.98. The van der Waals surface area contributed by atoms with Crippen molar-refractivity contribution in [1.29, 1.82) is 0 Å². The zero-order valence-electron chi connectivity index (χ0n) is 16.9. The second-order valence-corrected chi connectivity index (χ2v) is 6.69. The van der Waals surface area contributed by atoms with E-state index in [0.717, 1.165) is 24.2 Å². The molecule has 154 valence electrons. The Morgan fingerprint density at radius 2 is 1.97 bits per heavy atom. The van der Waals surface area contributed by atoms with Gasteiger partial charge < -0.3 is 19.1 Å². The lowest BCUT2D eigenvalue weighted by Crippen LogP contribution is -2.40. The average Bonchev–Trinajstić information content (AvgIpc) is 2.78. The molecule has 0 N–H and O–H groups in total. The Hall–Kier alpha value is -3.16. The predicted molar refractivity (Wildman–Crippen MR) is 107 cm³/mol. The van der Waals surface area contributed by atoms with Gasteiger partial charge in [0.15, 0.2) is 5.82 Å². The molecule has 1 saturated heterocycles. The lowest BCUT2D eigenvalue weighted by molar-refractivity contribution is -0.145. The Bertz CT molecular complexity index is 869. The van der Waals surface area contributed by atoms with E-state index >= 15 is 0 Å². The summed E-state index contributed by atoms with van der Waals surface area (Å²) in [4.78, 5) is 35.5. The maximum absolute atomic E-state index is 12.5. The highest BCUT2D eigenvalue weighted by molar-refractivity contribution is 5.95. The van der Waals surface area contributed by atoms with Crippen LogP contribution in [-0.2, 0) is 14.3 Å². The maximum atomic E-state index is 12.5. The molecule has 1 aromatic heterocycles. The first kappa shape index (κ1) is 20.6. The highest BCUT2D eigenvalue weighted by atomic mass is 16.5. The van der Waals surface area contributed by atoms with Gasteiger partial charge in [-0.05, 0) is 44.0 Å². The Morgan fingerprint density at radius 1 is 1.21 bits per heavy atom. The van der Waals surface area contributed by atoms with Gasteiger partial charge >= 0.3 is 11.9 Å². The normalized spacial score (nSPS) is 16.2. The topological polar surface area (TPSA) is 90.9 Å². The molecule has 8 nitrogen and oxygen atoms in total. The molecule has 1 unspecified atom stereocenters. The minimum atomic E-state index is -0.482. The molecule has 1 aliphatic heterocycles. The number of anilines is 1. The molecule has 0 spiro atoms. The smallest absolute Gasteiger partial charge is 0.343 e. The molecule has 0 bridgehead atoms. The molecule has 1 aromatic carbocycles. The van der Waals surface area contributed by atoms with Crippen LogP contribution in [0.5, 0.6) is 5.75 Å². The summed E-state index contributed by atoms with van der Waals surface area (Å²) >= 11 is 0. The number of piperidine rings is 1. The summed E-state index contributed by atoms with van der Waals surface area (Å²) in [6, 6.07) is 7.36. The summed E-state index contributed by atoms with van der Waals surface area (Å²) < 4.78 is 15.3. The van der Waals surface area contributed by atoms with Crippen molar-refractivity contribution in [2.24, 2.45) is 5.92 Å². The largest absolute Gasteiger partial charge is 0.497 e. The zero-order valence-corrected chi connectivity index (χ0v) is 16.9. The van der Waals surface area contributed by atoms with E-state index in [2.05, 4.69) is 9.97 Å². The number of carbonyl (C=O) groups excluding carboxylic acids is 2. The predicted octanol–water partition coefficient (Wildman–Crippen LogP) is 2.72. The summed E-state index contributed by atoms with van der Waals surface area (Å²) in [5, 5.41) is 0. The molecule has 2 aromatic rings. The van der Waals surface area contributed by atoms with Crippen molar-refractivity contribution < 1.29 is 23.8 Å². The number of hydrogen-bond donors (Lipinski definition) is 0. The zero-order chi connectivity index (χ0) is 20.8. The van der Waals surface area contributed by atoms with Gasteiger partial charge in [0.1, 0.15) is 17.1 Å². The van der Waals surface area contributed by atoms with Crippen LogP contribution in [0.3, 0.4) is 0 Å². The van der Waals surface area contributed by atoms with Crippen LogP contribution < -0.4 is 9.64 Å². The number of carbonyl (C=O) groups is 2. The van der Waals surface area contributed by atoms with Crippen LogP contribution >= 0.6 is 0 Å². The van der Waals surface area contributed by atoms with Crippen molar-refractivity contribution in [2.75, 3.05) is 38.8 Å². The Morgan fingerprint density at radius 3 is 2.62 bits per heavy atom. The molecule has 1 aliphatic rings. The van der Waals surface area contributed by atoms with Crippen LogP contribution in [0.4, 0.5) is 5.82 Å². The van der Waals surface area contributed by atoms with Gasteiger partial charge in [-0.3, -0.25) is 4.79 Å². The summed E-state index contributed by atoms with van der Waals surface area (Å²) in [6.45, 7) is 3.11. The number of rotatable bonds is 6. The minimum Gasteiger partial charge on any atom is -0.497 e. The van der Waals surface area contributed by atoms with Gasteiger partial charge in [0.05, 0.1) is 26.7 Å². The lowest BCUT2D eigenvalue weighted by Gasteiger charge is -2.33. The van der Waals surface area contributed by atoms with Gasteiger partial charge in [0.2, 0.25) is 0 Å². The first-order chi connectivity index (χ1) is 14.1. The van der Waals surface area contributed by atoms with E-state index in [1.165, 1.54) is 13.3 Å². The highest BCUT2D eigenvalue weighted by Crippen LogP contribution is 2.28. The van der Waals surface area contributed by atoms with Crippen LogP contribution in [-0.4, -0.2) is 55.8 Å². The fraction of sp³-hybridized carbons (Fsp3) is 0.429. The van der Waals surface area contributed by atoms with E-state index in [-0.39, 0.29) is 24.1 Å². The molecular formula is C21H25N3O5. The molecule has 29 heavy (non-hydrogen) atoms. The van der Waals surface area contributed by atoms with Crippen LogP contribution in [0.25, 0.3) is 11.4 Å². The Kier molecular flexibility index (Phi) is 6.64. The van der Waals surface area contributed by atoms with Gasteiger partial charge in [-0.25, -0.2) is 14.8 Å². The fourth-order valence-corrected chi connectivity index (χ4v) is 3.37. The van der Waals surface area contributed by atoms with Crippen molar-refractivity contribution in [2.45, 2.75) is 19.8 Å². The summed E-state index contributed by atoms with van der Waals surface area (Å²) in [5.74, 6) is 0.687.